The topological polar surface area (TPSA) is 49.3 Å². The van der Waals surface area contributed by atoms with Crippen LogP contribution in [0, 0.1) is 0 Å². The number of nitrogens with one attached hydrogen (secondary N) is 2. The molecule has 1 aliphatic heterocycles. The maximum Gasteiger partial charge on any atom is 0.208 e. The smallest absolute Gasteiger partial charge is 0.208 e. The molecule has 102 valence electrons. The summed E-state index contributed by atoms with van der Waals surface area (Å²) in [5.41, 5.74) is 1.98. The number of nitrogens with zero attached hydrogens (tertiary/aromatic N) is 2. The summed E-state index contributed by atoms with van der Waals surface area (Å²) >= 11 is 13.4. The van der Waals surface area contributed by atoms with Crippen LogP contribution in [0.25, 0.3) is 0 Å². The maximum absolute atomic E-state index is 6.02. The van der Waals surface area contributed by atoms with E-state index in [9.17, 15) is 0 Å². The molecule has 4 nitrogen and oxygen atoms in total. The van der Waals surface area contributed by atoms with E-state index in [0.717, 1.165) is 16.1 Å². The zero-order valence-corrected chi connectivity index (χ0v) is 12.6. The second-order valence-corrected chi connectivity index (χ2v) is 5.75. The lowest BCUT2D eigenvalue weighted by atomic mass is 10.3. The van der Waals surface area contributed by atoms with Crippen molar-refractivity contribution in [1.82, 2.24) is 10.3 Å². The normalized spacial score (nSPS) is 13.2. The lowest BCUT2D eigenvalue weighted by molar-refractivity contribution is 0.904. The van der Waals surface area contributed by atoms with Gasteiger partial charge in [0.2, 0.25) is 5.96 Å². The van der Waals surface area contributed by atoms with Gasteiger partial charge in [0.25, 0.3) is 0 Å². The molecule has 0 atom stereocenters. The largest absolute Gasteiger partial charge is 0.351 e. The Balaban J connectivity index is 1.69. The second kappa shape index (κ2) is 5.91. The average Bonchev–Trinajstić information content (AvgIpc) is 2.47. The molecule has 0 unspecified atom stereocenters. The number of pyridine rings is 1. The third-order valence-electron chi connectivity index (χ3n) is 2.69. The SMILES string of the molecule is Clc1cc2c(cc1Cl)SN=C(NCc1cccnc1)N2. The highest BCUT2D eigenvalue weighted by atomic mass is 35.5. The molecule has 20 heavy (non-hydrogen) atoms. The van der Waals surface area contributed by atoms with Crippen molar-refractivity contribution in [2.24, 2.45) is 4.40 Å². The number of anilines is 1. The second-order valence-electron chi connectivity index (χ2n) is 4.13. The molecule has 3 rings (SSSR count). The number of guanidine groups is 1. The molecule has 0 radical (unpaired) electrons. The standard InChI is InChI=1S/C13H10Cl2N4S/c14-9-4-11-12(5-10(9)15)20-19-13(18-11)17-7-8-2-1-3-16-6-8/h1-6H,7H2,(H2,17,18,19). The van der Waals surface area contributed by atoms with E-state index >= 15 is 0 Å². The zero-order chi connectivity index (χ0) is 13.9. The van der Waals surface area contributed by atoms with Crippen LogP contribution in [0.5, 0.6) is 0 Å². The van der Waals surface area contributed by atoms with Gasteiger partial charge in [-0.25, -0.2) is 0 Å². The predicted molar refractivity (Wildman–Crippen MR) is 84.5 cm³/mol. The van der Waals surface area contributed by atoms with Gasteiger partial charge in [0.15, 0.2) is 0 Å². The van der Waals surface area contributed by atoms with E-state index < -0.39 is 0 Å². The summed E-state index contributed by atoms with van der Waals surface area (Å²) in [6.45, 7) is 0.650. The Hall–Kier alpha value is -1.43. The van der Waals surface area contributed by atoms with Crippen LogP contribution in [0.2, 0.25) is 10.0 Å². The van der Waals surface area contributed by atoms with Crippen molar-refractivity contribution in [2.45, 2.75) is 11.4 Å². The molecule has 7 heteroatoms. The van der Waals surface area contributed by atoms with Crippen molar-refractivity contribution in [2.75, 3.05) is 5.32 Å². The predicted octanol–water partition coefficient (Wildman–Crippen LogP) is 3.97. The molecule has 2 N–H and O–H groups in total. The molecule has 0 spiro atoms. The quantitative estimate of drug-likeness (QED) is 0.821. The highest BCUT2D eigenvalue weighted by Gasteiger charge is 2.14. The summed E-state index contributed by atoms with van der Waals surface area (Å²) in [6, 6.07) is 7.50. The van der Waals surface area contributed by atoms with E-state index in [2.05, 4.69) is 20.0 Å². The Morgan fingerprint density at radius 3 is 2.90 bits per heavy atom. The van der Waals surface area contributed by atoms with Crippen LogP contribution in [0.4, 0.5) is 5.69 Å². The van der Waals surface area contributed by atoms with E-state index in [1.807, 2.05) is 18.3 Å². The number of halogens is 2. The summed E-state index contributed by atoms with van der Waals surface area (Å²) in [5, 5.41) is 7.45. The van der Waals surface area contributed by atoms with Gasteiger partial charge >= 0.3 is 0 Å². The van der Waals surface area contributed by atoms with E-state index in [1.54, 1.807) is 18.3 Å². The van der Waals surface area contributed by atoms with E-state index in [4.69, 9.17) is 23.2 Å². The van der Waals surface area contributed by atoms with Gasteiger partial charge < -0.3 is 10.6 Å². The molecular formula is C13H10Cl2N4S. The lowest BCUT2D eigenvalue weighted by Crippen LogP contribution is -2.31. The number of hydrogen-bond donors (Lipinski definition) is 2. The van der Waals surface area contributed by atoms with Gasteiger partial charge in [0.1, 0.15) is 0 Å². The molecule has 1 aliphatic rings. The Bertz CT molecular complexity index is 661. The fourth-order valence-corrected chi connectivity index (χ4v) is 2.78. The molecule has 0 saturated carbocycles. The van der Waals surface area contributed by atoms with Crippen LogP contribution in [0.3, 0.4) is 0 Å². The first-order valence-electron chi connectivity index (χ1n) is 5.86. The van der Waals surface area contributed by atoms with Crippen molar-refractivity contribution in [3.63, 3.8) is 0 Å². The van der Waals surface area contributed by atoms with Crippen molar-refractivity contribution >= 4 is 46.8 Å². The van der Waals surface area contributed by atoms with Crippen LogP contribution in [-0.2, 0) is 6.54 Å². The maximum atomic E-state index is 6.02. The molecule has 0 saturated heterocycles. The van der Waals surface area contributed by atoms with Crippen LogP contribution < -0.4 is 10.6 Å². The van der Waals surface area contributed by atoms with Gasteiger partial charge in [0, 0.05) is 30.9 Å². The summed E-state index contributed by atoms with van der Waals surface area (Å²) in [4.78, 5) is 5.02. The molecule has 2 aromatic rings. The number of rotatable bonds is 2. The van der Waals surface area contributed by atoms with Gasteiger partial charge in [-0.3, -0.25) is 4.98 Å². The molecule has 1 aromatic carbocycles. The van der Waals surface area contributed by atoms with Crippen LogP contribution in [0.1, 0.15) is 5.56 Å². The summed E-state index contributed by atoms with van der Waals surface area (Å²) in [6.07, 6.45) is 3.56. The summed E-state index contributed by atoms with van der Waals surface area (Å²) in [5.74, 6) is 0.685. The number of aromatic nitrogens is 1. The van der Waals surface area contributed by atoms with Crippen LogP contribution in [0.15, 0.2) is 46.0 Å². The minimum atomic E-state index is 0.520. The van der Waals surface area contributed by atoms with Gasteiger partial charge in [-0.1, -0.05) is 29.3 Å². The van der Waals surface area contributed by atoms with Crippen molar-refractivity contribution < 1.29 is 0 Å². The van der Waals surface area contributed by atoms with E-state index in [0.29, 0.717) is 22.5 Å². The fourth-order valence-electron chi connectivity index (χ4n) is 1.71. The van der Waals surface area contributed by atoms with Gasteiger partial charge in [0.05, 0.1) is 20.6 Å². The van der Waals surface area contributed by atoms with E-state index in [1.165, 1.54) is 11.9 Å². The number of benzene rings is 1. The zero-order valence-electron chi connectivity index (χ0n) is 10.2. The molecule has 1 aromatic heterocycles. The number of fused-ring (bicyclic) bond motifs is 1. The Morgan fingerprint density at radius 1 is 1.25 bits per heavy atom. The van der Waals surface area contributed by atoms with Crippen LogP contribution >= 0.6 is 35.1 Å². The fraction of sp³-hybridized carbons (Fsp3) is 0.0769. The molecule has 0 amide bonds. The third kappa shape index (κ3) is 3.00. The molecule has 0 bridgehead atoms. The Labute approximate surface area is 130 Å². The number of hydrogen-bond acceptors (Lipinski definition) is 5. The molecule has 2 heterocycles. The van der Waals surface area contributed by atoms with E-state index in [-0.39, 0.29) is 0 Å². The third-order valence-corrected chi connectivity index (χ3v) is 4.22. The Kier molecular flexibility index (Phi) is 4.00. The van der Waals surface area contributed by atoms with Crippen molar-refractivity contribution in [3.8, 4) is 0 Å². The highest BCUT2D eigenvalue weighted by Crippen LogP contribution is 2.37. The molecule has 0 aliphatic carbocycles. The first-order chi connectivity index (χ1) is 9.72. The molecular weight excluding hydrogens is 315 g/mol. The average molecular weight is 325 g/mol. The Morgan fingerprint density at radius 2 is 2.10 bits per heavy atom. The van der Waals surface area contributed by atoms with Crippen molar-refractivity contribution in [1.29, 1.82) is 0 Å². The first kappa shape index (κ1) is 13.5. The van der Waals surface area contributed by atoms with Gasteiger partial charge in [-0.05, 0) is 23.8 Å². The van der Waals surface area contributed by atoms with Gasteiger partial charge in [-0.2, -0.15) is 4.40 Å². The summed E-state index contributed by atoms with van der Waals surface area (Å²) < 4.78 is 4.35. The van der Waals surface area contributed by atoms with Gasteiger partial charge in [-0.15, -0.1) is 0 Å². The minimum absolute atomic E-state index is 0.520. The van der Waals surface area contributed by atoms with Crippen molar-refractivity contribution in [3.05, 3.63) is 52.3 Å². The minimum Gasteiger partial charge on any atom is -0.351 e. The first-order valence-corrected chi connectivity index (χ1v) is 7.39. The monoisotopic (exact) mass is 324 g/mol. The summed E-state index contributed by atoms with van der Waals surface area (Å²) in [7, 11) is 0. The highest BCUT2D eigenvalue weighted by molar-refractivity contribution is 7.98. The van der Waals surface area contributed by atoms with Crippen LogP contribution in [-0.4, -0.2) is 10.9 Å². The molecule has 0 fully saturated rings. The lowest BCUT2D eigenvalue weighted by Gasteiger charge is -2.19.